The maximum Gasteiger partial charge on any atom is 0.272 e. The molecule has 1 amide bonds. The van der Waals surface area contributed by atoms with Crippen molar-refractivity contribution in [2.75, 3.05) is 0 Å². The number of hydrogen-bond acceptors (Lipinski definition) is 5. The summed E-state index contributed by atoms with van der Waals surface area (Å²) in [6.45, 7) is 3.48. The summed E-state index contributed by atoms with van der Waals surface area (Å²) in [4.78, 5) is 25.9. The lowest BCUT2D eigenvalue weighted by atomic mass is 10.2. The van der Waals surface area contributed by atoms with Crippen molar-refractivity contribution in [3.05, 3.63) is 92.9 Å². The number of pyridine rings is 1. The third kappa shape index (κ3) is 6.25. The topological polar surface area (TPSA) is 106 Å². The Morgan fingerprint density at radius 3 is 2.35 bits per heavy atom. The number of rotatable bonds is 9. The highest BCUT2D eigenvalue weighted by Crippen LogP contribution is 2.19. The number of carbonyl (C=O) groups excluding carboxylic acids is 1. The summed E-state index contributed by atoms with van der Waals surface area (Å²) in [7, 11) is -2.29. The first-order valence-electron chi connectivity index (χ1n) is 10.5. The zero-order valence-corrected chi connectivity index (χ0v) is 20.6. The number of nitrogens with zero attached hydrogens (tertiary/aromatic N) is 1. The van der Waals surface area contributed by atoms with E-state index < -0.39 is 21.4 Å². The summed E-state index contributed by atoms with van der Waals surface area (Å²) in [5, 5.41) is 3.18. The fourth-order valence-corrected chi connectivity index (χ4v) is 4.34. The molecule has 0 saturated heterocycles. The molecule has 1 aromatic heterocycles. The number of carbonyl (C=O) groups is 1. The lowest BCUT2D eigenvalue weighted by Crippen LogP contribution is -2.35. The van der Waals surface area contributed by atoms with Crippen LogP contribution in [0.2, 0.25) is 5.02 Å². The van der Waals surface area contributed by atoms with Gasteiger partial charge < -0.3 is 14.6 Å². The molecule has 3 aromatic rings. The predicted molar refractivity (Wildman–Crippen MR) is 131 cm³/mol. The molecule has 3 rings (SSSR count). The van der Waals surface area contributed by atoms with Crippen molar-refractivity contribution in [1.82, 2.24) is 14.6 Å². The molecule has 0 unspecified atom stereocenters. The number of ether oxygens (including phenoxy) is 1. The van der Waals surface area contributed by atoms with Crippen molar-refractivity contribution in [2.24, 2.45) is 7.05 Å². The maximum absolute atomic E-state index is 13.0. The Bertz CT molecular complexity index is 1320. The summed E-state index contributed by atoms with van der Waals surface area (Å²) < 4.78 is 35.0. The minimum absolute atomic E-state index is 0.0119. The molecule has 0 bridgehead atoms. The Morgan fingerprint density at radius 1 is 1.09 bits per heavy atom. The molecule has 10 heteroatoms. The van der Waals surface area contributed by atoms with Crippen LogP contribution < -0.4 is 20.2 Å². The molecular formula is C24H26ClN3O5S. The molecule has 1 heterocycles. The van der Waals surface area contributed by atoms with Gasteiger partial charge in [-0.2, -0.15) is 0 Å². The minimum Gasteiger partial charge on any atom is -0.483 e. The van der Waals surface area contributed by atoms with Gasteiger partial charge in [0.15, 0.2) is 11.4 Å². The van der Waals surface area contributed by atoms with E-state index in [-0.39, 0.29) is 35.5 Å². The normalized spacial score (nSPS) is 11.4. The van der Waals surface area contributed by atoms with Gasteiger partial charge in [0, 0.05) is 29.9 Å². The lowest BCUT2D eigenvalue weighted by molar-refractivity contribution is 0.0927. The van der Waals surface area contributed by atoms with Crippen LogP contribution in [0.25, 0.3) is 0 Å². The molecule has 2 aromatic carbocycles. The van der Waals surface area contributed by atoms with Crippen LogP contribution in [0.15, 0.2) is 70.4 Å². The fourth-order valence-electron chi connectivity index (χ4n) is 3.22. The average molecular weight is 504 g/mol. The zero-order valence-electron chi connectivity index (χ0n) is 19.0. The molecule has 2 N–H and O–H groups in total. The van der Waals surface area contributed by atoms with Crippen molar-refractivity contribution < 1.29 is 17.9 Å². The second-order valence-electron chi connectivity index (χ2n) is 7.92. The van der Waals surface area contributed by atoms with Gasteiger partial charge in [-0.25, -0.2) is 13.1 Å². The largest absolute Gasteiger partial charge is 0.483 e. The average Bonchev–Trinajstić information content (AvgIpc) is 2.78. The Kier molecular flexibility index (Phi) is 8.14. The number of nitrogens with one attached hydrogen (secondary N) is 2. The van der Waals surface area contributed by atoms with Crippen molar-refractivity contribution in [3.8, 4) is 5.75 Å². The molecular weight excluding hydrogens is 478 g/mol. The Balaban J connectivity index is 1.93. The number of amides is 1. The first kappa shape index (κ1) is 25.5. The summed E-state index contributed by atoms with van der Waals surface area (Å²) >= 11 is 5.83. The third-order valence-corrected chi connectivity index (χ3v) is 6.60. The predicted octanol–water partition coefficient (Wildman–Crippen LogP) is 3.23. The quantitative estimate of drug-likeness (QED) is 0.466. The van der Waals surface area contributed by atoms with E-state index in [1.807, 2.05) is 30.3 Å². The number of hydrogen-bond donors (Lipinski definition) is 2. The van der Waals surface area contributed by atoms with E-state index in [2.05, 4.69) is 10.0 Å². The first-order valence-corrected chi connectivity index (χ1v) is 12.4. The van der Waals surface area contributed by atoms with E-state index >= 15 is 0 Å². The van der Waals surface area contributed by atoms with Gasteiger partial charge in [-0.05, 0) is 43.7 Å². The van der Waals surface area contributed by atoms with Crippen LogP contribution >= 0.6 is 11.6 Å². The van der Waals surface area contributed by atoms with Crippen LogP contribution in [0, 0.1) is 0 Å². The second-order valence-corrected chi connectivity index (χ2v) is 10.1. The first-order chi connectivity index (χ1) is 16.1. The lowest BCUT2D eigenvalue weighted by Gasteiger charge is -2.19. The Morgan fingerprint density at radius 2 is 1.74 bits per heavy atom. The van der Waals surface area contributed by atoms with Crippen LogP contribution in [0.1, 0.15) is 35.6 Å². The van der Waals surface area contributed by atoms with Gasteiger partial charge in [-0.15, -0.1) is 0 Å². The van der Waals surface area contributed by atoms with Crippen LogP contribution in [-0.2, 0) is 30.2 Å². The molecule has 0 saturated carbocycles. The maximum atomic E-state index is 13.0. The molecule has 8 nitrogen and oxygen atoms in total. The van der Waals surface area contributed by atoms with Crippen LogP contribution in [-0.4, -0.2) is 24.9 Å². The smallest absolute Gasteiger partial charge is 0.272 e. The number of benzene rings is 2. The molecule has 180 valence electrons. The zero-order chi connectivity index (χ0) is 24.9. The van der Waals surface area contributed by atoms with Crippen molar-refractivity contribution >= 4 is 27.5 Å². The van der Waals surface area contributed by atoms with Crippen LogP contribution in [0.5, 0.6) is 5.75 Å². The van der Waals surface area contributed by atoms with Crippen LogP contribution in [0.4, 0.5) is 0 Å². The Labute approximate surface area is 203 Å². The third-order valence-electron chi connectivity index (χ3n) is 4.93. The molecule has 0 radical (unpaired) electrons. The highest BCUT2D eigenvalue weighted by atomic mass is 35.5. The molecule has 0 aliphatic heterocycles. The van der Waals surface area contributed by atoms with Crippen molar-refractivity contribution in [2.45, 2.75) is 37.9 Å². The van der Waals surface area contributed by atoms with E-state index in [9.17, 15) is 18.0 Å². The highest BCUT2D eigenvalue weighted by Gasteiger charge is 2.23. The van der Waals surface area contributed by atoms with Crippen LogP contribution in [0.3, 0.4) is 0 Å². The summed E-state index contributed by atoms with van der Waals surface area (Å²) in [6, 6.07) is 16.0. The van der Waals surface area contributed by atoms with E-state index in [1.165, 1.54) is 34.9 Å². The van der Waals surface area contributed by atoms with E-state index in [0.717, 1.165) is 5.56 Å². The second kappa shape index (κ2) is 10.9. The van der Waals surface area contributed by atoms with Gasteiger partial charge >= 0.3 is 0 Å². The minimum atomic E-state index is -3.87. The number of halogens is 1. The van der Waals surface area contributed by atoms with Gasteiger partial charge in [-0.3, -0.25) is 9.59 Å². The summed E-state index contributed by atoms with van der Waals surface area (Å²) in [6.07, 6.45) is 0. The SMILES string of the molecule is CC(C)NC(=O)c1c(OCc2ccccc2)c(=O)cc(CNS(=O)(=O)c2ccc(Cl)cc2)n1C. The van der Waals surface area contributed by atoms with E-state index in [4.69, 9.17) is 16.3 Å². The highest BCUT2D eigenvalue weighted by molar-refractivity contribution is 7.89. The molecule has 0 atom stereocenters. The van der Waals surface area contributed by atoms with Gasteiger partial charge in [0.05, 0.1) is 11.4 Å². The number of sulfonamides is 1. The molecule has 0 spiro atoms. The Hall–Kier alpha value is -3.14. The fraction of sp³-hybridized carbons (Fsp3) is 0.250. The van der Waals surface area contributed by atoms with Gasteiger partial charge in [0.1, 0.15) is 6.61 Å². The van der Waals surface area contributed by atoms with E-state index in [0.29, 0.717) is 10.7 Å². The van der Waals surface area contributed by atoms with Gasteiger partial charge in [0.2, 0.25) is 15.5 Å². The summed E-state index contributed by atoms with van der Waals surface area (Å²) in [5.41, 5.74) is 0.615. The number of aromatic nitrogens is 1. The molecule has 0 aliphatic carbocycles. The summed E-state index contributed by atoms with van der Waals surface area (Å²) in [5.74, 6) is -0.603. The van der Waals surface area contributed by atoms with Crippen molar-refractivity contribution in [1.29, 1.82) is 0 Å². The van der Waals surface area contributed by atoms with Gasteiger partial charge in [0.25, 0.3) is 5.91 Å². The molecule has 0 fully saturated rings. The standard InChI is InChI=1S/C24H26ClN3O5S/c1-16(2)27-24(30)22-23(33-15-17-7-5-4-6-8-17)21(29)13-19(28(22)3)14-26-34(31,32)20-11-9-18(25)10-12-20/h4-13,16,26H,14-15H2,1-3H3,(H,27,30). The van der Waals surface area contributed by atoms with Gasteiger partial charge in [-0.1, -0.05) is 41.9 Å². The van der Waals surface area contributed by atoms with E-state index in [1.54, 1.807) is 20.9 Å². The molecule has 34 heavy (non-hydrogen) atoms. The monoisotopic (exact) mass is 503 g/mol. The van der Waals surface area contributed by atoms with Crippen molar-refractivity contribution in [3.63, 3.8) is 0 Å². The molecule has 0 aliphatic rings.